The Morgan fingerprint density at radius 3 is 2.36 bits per heavy atom. The van der Waals surface area contributed by atoms with Gasteiger partial charge < -0.3 is 0 Å². The van der Waals surface area contributed by atoms with Gasteiger partial charge in [-0.15, -0.1) is 0 Å². The van der Waals surface area contributed by atoms with Crippen molar-refractivity contribution in [2.45, 2.75) is 0 Å². The van der Waals surface area contributed by atoms with Gasteiger partial charge in [0.05, 0.1) is 11.9 Å². The van der Waals surface area contributed by atoms with E-state index in [0.29, 0.717) is 5.65 Å². The predicted octanol–water partition coefficient (Wildman–Crippen LogP) is 2.61. The molecule has 4 aromatic rings. The second kappa shape index (κ2) is 7.28. The molecule has 2 heterocycles. The van der Waals surface area contributed by atoms with E-state index in [4.69, 9.17) is 0 Å². The molecule has 0 saturated heterocycles. The zero-order valence-corrected chi connectivity index (χ0v) is 14.5. The smallest absolute Gasteiger partial charge is 0.267 e. The van der Waals surface area contributed by atoms with Gasteiger partial charge in [0, 0.05) is 17.3 Å². The first-order valence-electron chi connectivity index (χ1n) is 8.38. The number of benzene rings is 2. The number of aromatic nitrogens is 3. The number of halogens is 1. The molecular weight excluding hydrogens is 361 g/mol. The summed E-state index contributed by atoms with van der Waals surface area (Å²) in [5.74, 6) is -1.59. The Balaban J connectivity index is 1.55. The summed E-state index contributed by atoms with van der Waals surface area (Å²) in [5.41, 5.74) is 7.09. The molecular formula is C20H14FN5O2. The highest BCUT2D eigenvalue weighted by Crippen LogP contribution is 2.20. The van der Waals surface area contributed by atoms with Gasteiger partial charge in [0.1, 0.15) is 11.4 Å². The van der Waals surface area contributed by atoms with Crippen molar-refractivity contribution >= 4 is 17.5 Å². The number of fused-ring (bicyclic) bond motifs is 1. The van der Waals surface area contributed by atoms with Crippen molar-refractivity contribution < 1.29 is 14.0 Å². The summed E-state index contributed by atoms with van der Waals surface area (Å²) in [6.45, 7) is 0. The Hall–Kier alpha value is -4.07. The monoisotopic (exact) mass is 375 g/mol. The van der Waals surface area contributed by atoms with Crippen LogP contribution in [0.3, 0.4) is 0 Å². The van der Waals surface area contributed by atoms with Crippen molar-refractivity contribution in [3.05, 3.63) is 90.0 Å². The van der Waals surface area contributed by atoms with Crippen molar-refractivity contribution in [2.75, 3.05) is 0 Å². The van der Waals surface area contributed by atoms with Crippen molar-refractivity contribution in [2.24, 2.45) is 0 Å². The molecule has 0 aliphatic carbocycles. The first kappa shape index (κ1) is 17.3. The lowest BCUT2D eigenvalue weighted by molar-refractivity contribution is 0.0847. The van der Waals surface area contributed by atoms with Crippen molar-refractivity contribution in [1.29, 1.82) is 0 Å². The van der Waals surface area contributed by atoms with E-state index in [1.807, 2.05) is 30.3 Å². The van der Waals surface area contributed by atoms with E-state index in [9.17, 15) is 14.0 Å². The molecule has 0 spiro atoms. The number of carbonyl (C=O) groups excluding carboxylic acids is 2. The van der Waals surface area contributed by atoms with Gasteiger partial charge in [-0.25, -0.2) is 13.9 Å². The maximum atomic E-state index is 12.9. The van der Waals surface area contributed by atoms with Crippen LogP contribution < -0.4 is 10.9 Å². The molecule has 0 saturated carbocycles. The van der Waals surface area contributed by atoms with E-state index in [1.54, 1.807) is 16.8 Å². The molecule has 0 aliphatic rings. The molecule has 2 amide bonds. The molecule has 0 atom stereocenters. The topological polar surface area (TPSA) is 88.4 Å². The highest BCUT2D eigenvalue weighted by atomic mass is 19.1. The number of rotatable bonds is 3. The largest absolute Gasteiger partial charge is 0.275 e. The second-order valence-corrected chi connectivity index (χ2v) is 5.90. The summed E-state index contributed by atoms with van der Waals surface area (Å²) in [6.07, 6.45) is 2.97. The quantitative estimate of drug-likeness (QED) is 0.539. The van der Waals surface area contributed by atoms with Crippen LogP contribution in [0.2, 0.25) is 0 Å². The number of nitrogens with zero attached hydrogens (tertiary/aromatic N) is 3. The fourth-order valence-corrected chi connectivity index (χ4v) is 2.73. The van der Waals surface area contributed by atoms with E-state index >= 15 is 0 Å². The lowest BCUT2D eigenvalue weighted by atomic mass is 10.1. The third kappa shape index (κ3) is 3.30. The molecule has 0 unspecified atom stereocenters. The average molecular weight is 375 g/mol. The molecule has 0 bridgehead atoms. The Labute approximate surface area is 158 Å². The van der Waals surface area contributed by atoms with Crippen LogP contribution in [0, 0.1) is 5.82 Å². The zero-order valence-electron chi connectivity index (χ0n) is 14.5. The normalized spacial score (nSPS) is 10.6. The molecule has 2 aromatic carbocycles. The third-order valence-electron chi connectivity index (χ3n) is 4.11. The molecule has 2 aromatic heterocycles. The maximum Gasteiger partial charge on any atom is 0.275 e. The molecule has 0 aliphatic heterocycles. The van der Waals surface area contributed by atoms with Crippen LogP contribution >= 0.6 is 0 Å². The Kier molecular flexibility index (Phi) is 4.51. The maximum absolute atomic E-state index is 12.9. The highest BCUT2D eigenvalue weighted by Gasteiger charge is 2.17. The first-order chi connectivity index (χ1) is 13.6. The van der Waals surface area contributed by atoms with Crippen LogP contribution in [-0.4, -0.2) is 26.4 Å². The number of hydrogen-bond acceptors (Lipinski definition) is 4. The van der Waals surface area contributed by atoms with E-state index < -0.39 is 17.6 Å². The third-order valence-corrected chi connectivity index (χ3v) is 4.11. The van der Waals surface area contributed by atoms with Gasteiger partial charge in [0.2, 0.25) is 0 Å². The van der Waals surface area contributed by atoms with Crippen LogP contribution in [0.1, 0.15) is 20.7 Å². The zero-order chi connectivity index (χ0) is 19.5. The van der Waals surface area contributed by atoms with Crippen LogP contribution in [-0.2, 0) is 0 Å². The lowest BCUT2D eigenvalue weighted by Gasteiger charge is -2.07. The minimum Gasteiger partial charge on any atom is -0.267 e. The molecule has 4 rings (SSSR count). The van der Waals surface area contributed by atoms with Gasteiger partial charge in [0.25, 0.3) is 11.8 Å². The van der Waals surface area contributed by atoms with Crippen LogP contribution in [0.25, 0.3) is 16.9 Å². The minimum atomic E-state index is -0.567. The van der Waals surface area contributed by atoms with Crippen LogP contribution in [0.5, 0.6) is 0 Å². The van der Waals surface area contributed by atoms with Crippen LogP contribution in [0.4, 0.5) is 4.39 Å². The number of hydrazine groups is 1. The van der Waals surface area contributed by atoms with Gasteiger partial charge in [-0.1, -0.05) is 30.3 Å². The fourth-order valence-electron chi connectivity index (χ4n) is 2.73. The number of amides is 2. The van der Waals surface area contributed by atoms with Crippen molar-refractivity contribution in [3.8, 4) is 11.3 Å². The Morgan fingerprint density at radius 1 is 0.893 bits per heavy atom. The van der Waals surface area contributed by atoms with Crippen molar-refractivity contribution in [3.63, 3.8) is 0 Å². The summed E-state index contributed by atoms with van der Waals surface area (Å²) < 4.78 is 14.5. The molecule has 28 heavy (non-hydrogen) atoms. The van der Waals surface area contributed by atoms with Gasteiger partial charge in [-0.2, -0.15) is 5.10 Å². The summed E-state index contributed by atoms with van der Waals surface area (Å²) in [7, 11) is 0. The molecule has 2 N–H and O–H groups in total. The molecule has 0 fully saturated rings. The van der Waals surface area contributed by atoms with Crippen LogP contribution in [0.15, 0.2) is 73.1 Å². The highest BCUT2D eigenvalue weighted by molar-refractivity contribution is 6.02. The first-order valence-corrected chi connectivity index (χ1v) is 8.38. The minimum absolute atomic E-state index is 0.206. The van der Waals surface area contributed by atoms with E-state index in [-0.39, 0.29) is 11.1 Å². The van der Waals surface area contributed by atoms with Gasteiger partial charge in [0.15, 0.2) is 5.65 Å². The average Bonchev–Trinajstić information content (AvgIpc) is 3.17. The van der Waals surface area contributed by atoms with E-state index in [1.165, 1.54) is 18.3 Å². The number of hydrogen-bond donors (Lipinski definition) is 2. The Morgan fingerprint density at radius 2 is 1.61 bits per heavy atom. The summed E-state index contributed by atoms with van der Waals surface area (Å²) in [6, 6.07) is 16.3. The second-order valence-electron chi connectivity index (χ2n) is 5.90. The lowest BCUT2D eigenvalue weighted by Crippen LogP contribution is -2.41. The molecule has 0 radical (unpaired) electrons. The summed E-state index contributed by atoms with van der Waals surface area (Å²) in [5, 5.41) is 4.25. The molecule has 7 nitrogen and oxygen atoms in total. The fraction of sp³-hybridized carbons (Fsp3) is 0. The van der Waals surface area contributed by atoms with E-state index in [2.05, 4.69) is 20.9 Å². The number of nitrogens with one attached hydrogen (secondary N) is 2. The predicted molar refractivity (Wildman–Crippen MR) is 99.8 cm³/mol. The standard InChI is InChI=1S/C20H14FN5O2/c21-15-8-6-14(7-9-15)19(27)24-25-20(28)16-12-23-26-17(10-11-22-18(16)26)13-4-2-1-3-5-13/h1-12H,(H,24,27)(H,25,28). The van der Waals surface area contributed by atoms with Gasteiger partial charge in [-0.3, -0.25) is 20.4 Å². The van der Waals surface area contributed by atoms with Crippen molar-refractivity contribution in [1.82, 2.24) is 25.4 Å². The summed E-state index contributed by atoms with van der Waals surface area (Å²) in [4.78, 5) is 28.8. The molecule has 8 heteroatoms. The van der Waals surface area contributed by atoms with Gasteiger partial charge >= 0.3 is 0 Å². The Bertz CT molecular complexity index is 1160. The SMILES string of the molecule is O=C(NNC(=O)c1cnn2c(-c3ccccc3)ccnc12)c1ccc(F)cc1. The van der Waals surface area contributed by atoms with E-state index in [0.717, 1.165) is 23.4 Å². The molecule has 138 valence electrons. The number of carbonyl (C=O) groups is 2. The van der Waals surface area contributed by atoms with Gasteiger partial charge in [-0.05, 0) is 30.3 Å². The summed E-state index contributed by atoms with van der Waals surface area (Å²) >= 11 is 0.